The third-order valence-corrected chi connectivity index (χ3v) is 3.73. The number of hydrogen-bond donors (Lipinski definition) is 1. The summed E-state index contributed by atoms with van der Waals surface area (Å²) in [6.45, 7) is 11.1. The van der Waals surface area contributed by atoms with Crippen molar-refractivity contribution in [3.05, 3.63) is 11.9 Å². The molecular weight excluding hydrogens is 236 g/mol. The number of nitrogens with one attached hydrogen (secondary N) is 1. The lowest BCUT2D eigenvalue weighted by Crippen LogP contribution is -2.40. The summed E-state index contributed by atoms with van der Waals surface area (Å²) in [4.78, 5) is 7.22. The van der Waals surface area contributed by atoms with Crippen LogP contribution in [0.5, 0.6) is 0 Å². The van der Waals surface area contributed by atoms with Gasteiger partial charge in [0.1, 0.15) is 0 Å². The Labute approximate surface area is 117 Å². The van der Waals surface area contributed by atoms with E-state index in [2.05, 4.69) is 41.8 Å². The van der Waals surface area contributed by atoms with Gasteiger partial charge in [-0.15, -0.1) is 0 Å². The molecule has 0 aliphatic carbocycles. The van der Waals surface area contributed by atoms with Gasteiger partial charge in [-0.05, 0) is 45.2 Å². The number of anilines is 1. The molecule has 0 aromatic carbocycles. The topological polar surface area (TPSA) is 33.1 Å². The number of aromatic nitrogens is 2. The van der Waals surface area contributed by atoms with Crippen LogP contribution < -0.4 is 10.2 Å². The Kier molecular flexibility index (Phi) is 4.86. The van der Waals surface area contributed by atoms with Crippen LogP contribution in [-0.4, -0.2) is 36.2 Å². The molecular formula is C15H28N4. The summed E-state index contributed by atoms with van der Waals surface area (Å²) in [7, 11) is 2.04. The lowest BCUT2D eigenvalue weighted by atomic mass is 9.98. The first-order valence-electron chi connectivity index (χ1n) is 7.53. The maximum atomic E-state index is 4.75. The Bertz CT molecular complexity index is 395. The highest BCUT2D eigenvalue weighted by Gasteiger charge is 2.23. The first-order chi connectivity index (χ1) is 9.10. The molecule has 0 amide bonds. The van der Waals surface area contributed by atoms with E-state index in [0.717, 1.165) is 37.8 Å². The molecule has 0 bridgehead atoms. The number of nitrogens with zero attached hydrogens (tertiary/aromatic N) is 3. The van der Waals surface area contributed by atoms with E-state index < -0.39 is 0 Å². The number of rotatable bonds is 5. The van der Waals surface area contributed by atoms with E-state index in [1.807, 2.05) is 7.05 Å². The maximum Gasteiger partial charge on any atom is 0.205 e. The summed E-state index contributed by atoms with van der Waals surface area (Å²) >= 11 is 0. The van der Waals surface area contributed by atoms with Gasteiger partial charge in [0.15, 0.2) is 0 Å². The van der Waals surface area contributed by atoms with Gasteiger partial charge < -0.3 is 14.8 Å². The van der Waals surface area contributed by atoms with Gasteiger partial charge in [0, 0.05) is 25.8 Å². The van der Waals surface area contributed by atoms with Crippen molar-refractivity contribution < 1.29 is 0 Å². The highest BCUT2D eigenvalue weighted by Crippen LogP contribution is 2.23. The standard InChI is InChI=1S/C15H28N4/c1-12(2)9-19-10-13(3)17-15(19)18-7-5-6-14(11-18)8-16-4/h10,12,14,16H,5-9,11H2,1-4H3. The third kappa shape index (κ3) is 3.72. The summed E-state index contributed by atoms with van der Waals surface area (Å²) in [6.07, 6.45) is 4.80. The van der Waals surface area contributed by atoms with Gasteiger partial charge in [0.2, 0.25) is 5.95 Å². The molecule has 2 rings (SSSR count). The number of piperidine rings is 1. The van der Waals surface area contributed by atoms with Crippen molar-refractivity contribution in [1.29, 1.82) is 0 Å². The highest BCUT2D eigenvalue weighted by molar-refractivity contribution is 5.34. The van der Waals surface area contributed by atoms with Crippen molar-refractivity contribution in [3.63, 3.8) is 0 Å². The van der Waals surface area contributed by atoms with Crippen LogP contribution in [0, 0.1) is 18.8 Å². The molecule has 0 radical (unpaired) electrons. The number of aryl methyl sites for hydroxylation is 1. The summed E-state index contributed by atoms with van der Waals surface area (Å²) in [6, 6.07) is 0. The Hall–Kier alpha value is -1.03. The van der Waals surface area contributed by atoms with E-state index in [0.29, 0.717) is 5.92 Å². The average Bonchev–Trinajstić information content (AvgIpc) is 2.70. The maximum absolute atomic E-state index is 4.75. The first kappa shape index (κ1) is 14.4. The molecule has 0 spiro atoms. The molecule has 1 aliphatic rings. The largest absolute Gasteiger partial charge is 0.342 e. The van der Waals surface area contributed by atoms with Crippen LogP contribution in [0.3, 0.4) is 0 Å². The van der Waals surface area contributed by atoms with Gasteiger partial charge in [-0.3, -0.25) is 0 Å². The highest BCUT2D eigenvalue weighted by atomic mass is 15.3. The molecule has 1 unspecified atom stereocenters. The lowest BCUT2D eigenvalue weighted by molar-refractivity contribution is 0.394. The minimum absolute atomic E-state index is 0.658. The monoisotopic (exact) mass is 264 g/mol. The molecule has 1 saturated heterocycles. The SMILES string of the molecule is CNCC1CCCN(c2nc(C)cn2CC(C)C)C1. The molecule has 1 N–H and O–H groups in total. The van der Waals surface area contributed by atoms with Crippen molar-refractivity contribution in [3.8, 4) is 0 Å². The van der Waals surface area contributed by atoms with Gasteiger partial charge in [0.25, 0.3) is 0 Å². The normalized spacial score (nSPS) is 20.3. The first-order valence-corrected chi connectivity index (χ1v) is 7.53. The molecule has 1 aromatic heterocycles. The fourth-order valence-corrected chi connectivity index (χ4v) is 3.02. The smallest absolute Gasteiger partial charge is 0.205 e. The van der Waals surface area contributed by atoms with Crippen molar-refractivity contribution >= 4 is 5.95 Å². The average molecular weight is 264 g/mol. The fourth-order valence-electron chi connectivity index (χ4n) is 3.02. The van der Waals surface area contributed by atoms with Crippen LogP contribution in [0.2, 0.25) is 0 Å². The Morgan fingerprint density at radius 1 is 1.47 bits per heavy atom. The molecule has 1 atom stereocenters. The third-order valence-electron chi connectivity index (χ3n) is 3.73. The molecule has 0 saturated carbocycles. The zero-order valence-electron chi connectivity index (χ0n) is 12.8. The van der Waals surface area contributed by atoms with Crippen LogP contribution in [0.1, 0.15) is 32.4 Å². The molecule has 2 heterocycles. The van der Waals surface area contributed by atoms with E-state index in [-0.39, 0.29) is 0 Å². The van der Waals surface area contributed by atoms with Crippen molar-refractivity contribution in [2.24, 2.45) is 11.8 Å². The molecule has 108 valence electrons. The van der Waals surface area contributed by atoms with Crippen LogP contribution in [0.4, 0.5) is 5.95 Å². The summed E-state index contributed by atoms with van der Waals surface area (Å²) in [5.74, 6) is 2.58. The van der Waals surface area contributed by atoms with Gasteiger partial charge >= 0.3 is 0 Å². The van der Waals surface area contributed by atoms with Gasteiger partial charge in [-0.25, -0.2) is 4.98 Å². The summed E-state index contributed by atoms with van der Waals surface area (Å²) in [5.41, 5.74) is 1.13. The van der Waals surface area contributed by atoms with E-state index in [1.54, 1.807) is 0 Å². The number of hydrogen-bond acceptors (Lipinski definition) is 3. The van der Waals surface area contributed by atoms with Gasteiger partial charge in [-0.2, -0.15) is 0 Å². The summed E-state index contributed by atoms with van der Waals surface area (Å²) in [5, 5.41) is 3.31. The Balaban J connectivity index is 2.11. The Morgan fingerprint density at radius 3 is 2.95 bits per heavy atom. The van der Waals surface area contributed by atoms with E-state index in [4.69, 9.17) is 4.98 Å². The minimum Gasteiger partial charge on any atom is -0.342 e. The fraction of sp³-hybridized carbons (Fsp3) is 0.800. The van der Waals surface area contributed by atoms with Gasteiger partial charge in [-0.1, -0.05) is 13.8 Å². The molecule has 1 fully saturated rings. The van der Waals surface area contributed by atoms with Crippen LogP contribution in [0.25, 0.3) is 0 Å². The molecule has 4 nitrogen and oxygen atoms in total. The quantitative estimate of drug-likeness (QED) is 0.886. The van der Waals surface area contributed by atoms with Crippen molar-refractivity contribution in [1.82, 2.24) is 14.9 Å². The van der Waals surface area contributed by atoms with Crippen LogP contribution in [0.15, 0.2) is 6.20 Å². The molecule has 1 aliphatic heterocycles. The molecule has 19 heavy (non-hydrogen) atoms. The summed E-state index contributed by atoms with van der Waals surface area (Å²) < 4.78 is 2.34. The van der Waals surface area contributed by atoms with Crippen LogP contribution >= 0.6 is 0 Å². The zero-order chi connectivity index (χ0) is 13.8. The predicted octanol–water partition coefficient (Wildman–Crippen LogP) is 2.28. The van der Waals surface area contributed by atoms with Crippen molar-refractivity contribution in [2.45, 2.75) is 40.2 Å². The number of imidazole rings is 1. The second-order valence-electron chi connectivity index (χ2n) is 6.24. The lowest BCUT2D eigenvalue weighted by Gasteiger charge is -2.34. The van der Waals surface area contributed by atoms with Crippen molar-refractivity contribution in [2.75, 3.05) is 31.6 Å². The molecule has 4 heteroatoms. The minimum atomic E-state index is 0.658. The molecule has 1 aromatic rings. The Morgan fingerprint density at radius 2 is 2.26 bits per heavy atom. The van der Waals surface area contributed by atoms with E-state index in [1.165, 1.54) is 18.8 Å². The van der Waals surface area contributed by atoms with E-state index in [9.17, 15) is 0 Å². The van der Waals surface area contributed by atoms with Crippen LogP contribution in [-0.2, 0) is 6.54 Å². The predicted molar refractivity (Wildman–Crippen MR) is 80.7 cm³/mol. The van der Waals surface area contributed by atoms with E-state index >= 15 is 0 Å². The zero-order valence-corrected chi connectivity index (χ0v) is 12.8. The second-order valence-corrected chi connectivity index (χ2v) is 6.24. The second kappa shape index (κ2) is 6.42. The van der Waals surface area contributed by atoms with Gasteiger partial charge in [0.05, 0.1) is 5.69 Å².